The van der Waals surface area contributed by atoms with Crippen LogP contribution >= 0.6 is 23.1 Å². The Balaban J connectivity index is 1.66. The maximum Gasteiger partial charge on any atom is 0.261 e. The number of morpholine rings is 1. The van der Waals surface area contributed by atoms with E-state index in [-0.39, 0.29) is 5.91 Å². The summed E-state index contributed by atoms with van der Waals surface area (Å²) in [5.74, 6) is 0.728. The van der Waals surface area contributed by atoms with Crippen molar-refractivity contribution in [2.75, 3.05) is 57.7 Å². The van der Waals surface area contributed by atoms with Crippen LogP contribution in [0.25, 0.3) is 10.2 Å². The molecule has 32 heavy (non-hydrogen) atoms. The van der Waals surface area contributed by atoms with Crippen molar-refractivity contribution in [2.24, 2.45) is 0 Å². The molecule has 0 N–H and O–H groups in total. The normalized spacial score (nSPS) is 14.6. The van der Waals surface area contributed by atoms with Crippen LogP contribution in [0.2, 0.25) is 0 Å². The van der Waals surface area contributed by atoms with Crippen molar-refractivity contribution >= 4 is 44.4 Å². The molecule has 1 aliphatic heterocycles. The first kappa shape index (κ1) is 23.0. The number of anilines is 1. The number of benzene rings is 2. The summed E-state index contributed by atoms with van der Waals surface area (Å²) in [6.07, 6.45) is 2.88. The largest absolute Gasteiger partial charge is 0.494 e. The van der Waals surface area contributed by atoms with Crippen molar-refractivity contribution < 1.29 is 14.3 Å². The van der Waals surface area contributed by atoms with Gasteiger partial charge in [0.15, 0.2) is 5.13 Å². The molecule has 0 radical (unpaired) electrons. The first-order chi connectivity index (χ1) is 15.6. The van der Waals surface area contributed by atoms with E-state index in [9.17, 15) is 4.79 Å². The van der Waals surface area contributed by atoms with Crippen molar-refractivity contribution in [3.05, 3.63) is 47.5 Å². The Bertz CT molecular complexity index is 1080. The number of hydrogen-bond donors (Lipinski definition) is 0. The number of aromatic nitrogens is 1. The summed E-state index contributed by atoms with van der Waals surface area (Å²) in [5, 5.41) is 0.718. The lowest BCUT2D eigenvalue weighted by Gasteiger charge is -2.28. The number of aryl methyl sites for hydroxylation is 1. The van der Waals surface area contributed by atoms with Crippen LogP contribution in [0, 0.1) is 6.92 Å². The molecule has 170 valence electrons. The Morgan fingerprint density at radius 3 is 2.78 bits per heavy atom. The van der Waals surface area contributed by atoms with Gasteiger partial charge in [-0.25, -0.2) is 4.98 Å². The zero-order chi connectivity index (χ0) is 22.5. The van der Waals surface area contributed by atoms with Gasteiger partial charge >= 0.3 is 0 Å². The van der Waals surface area contributed by atoms with E-state index in [2.05, 4.69) is 11.8 Å². The number of fused-ring (bicyclic) bond motifs is 1. The van der Waals surface area contributed by atoms with E-state index < -0.39 is 0 Å². The van der Waals surface area contributed by atoms with Gasteiger partial charge in [0.2, 0.25) is 0 Å². The number of thiazole rings is 1. The molecule has 0 spiro atoms. The molecule has 0 saturated carbocycles. The first-order valence-electron chi connectivity index (χ1n) is 10.8. The molecule has 0 unspecified atom stereocenters. The monoisotopic (exact) mass is 471 g/mol. The van der Waals surface area contributed by atoms with Crippen LogP contribution < -0.4 is 9.64 Å². The topological polar surface area (TPSA) is 54.9 Å². The van der Waals surface area contributed by atoms with Gasteiger partial charge in [-0.3, -0.25) is 14.6 Å². The third kappa shape index (κ3) is 4.93. The summed E-state index contributed by atoms with van der Waals surface area (Å²) >= 11 is 3.15. The quantitative estimate of drug-likeness (QED) is 0.444. The Morgan fingerprint density at radius 2 is 2.03 bits per heavy atom. The first-order valence-corrected chi connectivity index (χ1v) is 12.9. The lowest BCUT2D eigenvalue weighted by atomic mass is 10.2. The highest BCUT2D eigenvalue weighted by molar-refractivity contribution is 7.98. The van der Waals surface area contributed by atoms with Crippen LogP contribution in [0.1, 0.15) is 22.3 Å². The van der Waals surface area contributed by atoms with Crippen molar-refractivity contribution in [3.8, 4) is 5.75 Å². The zero-order valence-electron chi connectivity index (χ0n) is 18.8. The minimum atomic E-state index is -0.00685. The second kappa shape index (κ2) is 10.7. The molecule has 0 bridgehead atoms. The minimum absolute atomic E-state index is 0.00685. The van der Waals surface area contributed by atoms with Gasteiger partial charge in [0.25, 0.3) is 5.91 Å². The van der Waals surface area contributed by atoms with E-state index >= 15 is 0 Å². The molecule has 1 amide bonds. The molecule has 3 aromatic rings. The molecule has 2 aromatic carbocycles. The number of thioether (sulfide) groups is 1. The second-order valence-electron chi connectivity index (χ2n) is 7.72. The summed E-state index contributed by atoms with van der Waals surface area (Å²) in [5.41, 5.74) is 2.67. The number of hydrogen-bond acceptors (Lipinski definition) is 7. The van der Waals surface area contributed by atoms with E-state index in [1.54, 1.807) is 30.2 Å². The maximum absolute atomic E-state index is 13.7. The van der Waals surface area contributed by atoms with Crippen LogP contribution in [-0.4, -0.2) is 68.5 Å². The standard InChI is InChI=1S/C24H29N3O3S2/c1-17-9-10-19(29-2)21-22(17)32-24(25-21)27(12-6-11-26-13-15-30-16-14-26)23(28)18-7-4-5-8-20(18)31-3/h4-5,7-10H,6,11-16H2,1-3H3. The summed E-state index contributed by atoms with van der Waals surface area (Å²) in [6, 6.07) is 11.8. The zero-order valence-corrected chi connectivity index (χ0v) is 20.4. The minimum Gasteiger partial charge on any atom is -0.494 e. The summed E-state index contributed by atoms with van der Waals surface area (Å²) < 4.78 is 12.1. The molecule has 1 saturated heterocycles. The average molecular weight is 472 g/mol. The van der Waals surface area contributed by atoms with Crippen molar-refractivity contribution in [1.29, 1.82) is 0 Å². The lowest BCUT2D eigenvalue weighted by molar-refractivity contribution is 0.0376. The Kier molecular flexibility index (Phi) is 7.67. The highest BCUT2D eigenvalue weighted by Crippen LogP contribution is 2.37. The summed E-state index contributed by atoms with van der Waals surface area (Å²) in [4.78, 5) is 23.8. The fraction of sp³-hybridized carbons (Fsp3) is 0.417. The van der Waals surface area contributed by atoms with E-state index in [1.165, 1.54) is 0 Å². The van der Waals surface area contributed by atoms with Gasteiger partial charge in [-0.15, -0.1) is 11.8 Å². The number of rotatable bonds is 8. The van der Waals surface area contributed by atoms with Gasteiger partial charge in [-0.05, 0) is 43.4 Å². The number of methoxy groups -OCH3 is 1. The van der Waals surface area contributed by atoms with Gasteiger partial charge in [-0.1, -0.05) is 29.5 Å². The summed E-state index contributed by atoms with van der Waals surface area (Å²) in [6.45, 7) is 7.06. The smallest absolute Gasteiger partial charge is 0.261 e. The van der Waals surface area contributed by atoms with E-state index in [4.69, 9.17) is 14.5 Å². The van der Waals surface area contributed by atoms with Crippen molar-refractivity contribution in [3.63, 3.8) is 0 Å². The summed E-state index contributed by atoms with van der Waals surface area (Å²) in [7, 11) is 1.66. The number of amides is 1. The predicted octanol–water partition coefficient (Wildman–Crippen LogP) is 4.70. The Hall–Kier alpha value is -2.13. The third-order valence-electron chi connectivity index (χ3n) is 5.69. The number of carbonyl (C=O) groups is 1. The lowest BCUT2D eigenvalue weighted by Crippen LogP contribution is -2.39. The van der Waals surface area contributed by atoms with Crippen molar-refractivity contribution in [1.82, 2.24) is 9.88 Å². The molecule has 0 aliphatic carbocycles. The number of nitrogens with zero attached hydrogens (tertiary/aromatic N) is 3. The van der Waals surface area contributed by atoms with Crippen molar-refractivity contribution in [2.45, 2.75) is 18.2 Å². The Labute approximate surface area is 197 Å². The van der Waals surface area contributed by atoms with Gasteiger partial charge in [0.1, 0.15) is 11.3 Å². The molecular weight excluding hydrogens is 442 g/mol. The van der Waals surface area contributed by atoms with Gasteiger partial charge in [0.05, 0.1) is 30.6 Å². The van der Waals surface area contributed by atoms with Crippen LogP contribution in [0.3, 0.4) is 0 Å². The van der Waals surface area contributed by atoms with E-state index in [0.717, 1.165) is 70.8 Å². The fourth-order valence-corrected chi connectivity index (χ4v) is 5.57. The van der Waals surface area contributed by atoms with Crippen LogP contribution in [0.4, 0.5) is 5.13 Å². The molecule has 1 aromatic heterocycles. The molecule has 1 aliphatic rings. The average Bonchev–Trinajstić information content (AvgIpc) is 3.28. The van der Waals surface area contributed by atoms with Crippen LogP contribution in [-0.2, 0) is 4.74 Å². The maximum atomic E-state index is 13.7. The molecule has 2 heterocycles. The number of ether oxygens (including phenoxy) is 2. The fourth-order valence-electron chi connectivity index (χ4n) is 3.91. The highest BCUT2D eigenvalue weighted by Gasteiger charge is 2.24. The van der Waals surface area contributed by atoms with E-state index in [0.29, 0.717) is 12.1 Å². The van der Waals surface area contributed by atoms with Gasteiger partial charge in [-0.2, -0.15) is 0 Å². The third-order valence-corrected chi connectivity index (χ3v) is 7.69. The van der Waals surface area contributed by atoms with Gasteiger partial charge < -0.3 is 9.47 Å². The molecule has 8 heteroatoms. The SMILES string of the molecule is COc1ccc(C)c2sc(N(CCCN3CCOCC3)C(=O)c3ccccc3SC)nc12. The molecule has 6 nitrogen and oxygen atoms in total. The highest BCUT2D eigenvalue weighted by atomic mass is 32.2. The molecule has 1 fully saturated rings. The van der Waals surface area contributed by atoms with Gasteiger partial charge in [0, 0.05) is 31.1 Å². The number of carbonyl (C=O) groups excluding carboxylic acids is 1. The predicted molar refractivity (Wildman–Crippen MR) is 133 cm³/mol. The van der Waals surface area contributed by atoms with E-state index in [1.807, 2.05) is 47.6 Å². The molecular formula is C24H29N3O3S2. The molecule has 4 rings (SSSR count). The van der Waals surface area contributed by atoms with Crippen LogP contribution in [0.15, 0.2) is 41.3 Å². The molecule has 0 atom stereocenters. The second-order valence-corrected chi connectivity index (χ2v) is 9.55. The Morgan fingerprint density at radius 1 is 1.25 bits per heavy atom. The van der Waals surface area contributed by atoms with Crippen LogP contribution in [0.5, 0.6) is 5.75 Å².